The van der Waals surface area contributed by atoms with E-state index in [9.17, 15) is 0 Å². The van der Waals surface area contributed by atoms with Gasteiger partial charge >= 0.3 is 0 Å². The van der Waals surface area contributed by atoms with Crippen LogP contribution in [0, 0.1) is 0 Å². The van der Waals surface area contributed by atoms with Crippen LogP contribution in [0.4, 0.5) is 0 Å². The molecule has 1 heterocycles. The van der Waals surface area contributed by atoms with Crippen molar-refractivity contribution in [1.82, 2.24) is 15.1 Å². The first-order valence-electron chi connectivity index (χ1n) is 6.06. The summed E-state index contributed by atoms with van der Waals surface area (Å²) < 4.78 is 1.99. The molecular weight excluding hydrogens is 218 g/mol. The fourth-order valence-corrected chi connectivity index (χ4v) is 2.61. The fraction of sp³-hybridized carbons (Fsp3) is 0.750. The normalized spacial score (nSPS) is 12.9. The predicted molar refractivity (Wildman–Crippen MR) is 72.1 cm³/mol. The lowest BCUT2D eigenvalue weighted by molar-refractivity contribution is 0.615. The minimum Gasteiger partial charge on any atom is -0.316 e. The zero-order valence-electron chi connectivity index (χ0n) is 10.6. The minimum atomic E-state index is 0.561. The summed E-state index contributed by atoms with van der Waals surface area (Å²) in [6.07, 6.45) is 6.47. The first kappa shape index (κ1) is 13.6. The number of likely N-dealkylation sites (N-methyl/N-ethyl adjacent to an activating group) is 1. The van der Waals surface area contributed by atoms with Gasteiger partial charge in [0.25, 0.3) is 0 Å². The Morgan fingerprint density at radius 3 is 2.88 bits per heavy atom. The monoisotopic (exact) mass is 241 g/mol. The average Bonchev–Trinajstić information content (AvgIpc) is 2.75. The van der Waals surface area contributed by atoms with Crippen LogP contribution in [0.25, 0.3) is 0 Å². The molecule has 0 saturated carbocycles. The van der Waals surface area contributed by atoms with Crippen molar-refractivity contribution in [3.05, 3.63) is 18.0 Å². The van der Waals surface area contributed by atoms with Gasteiger partial charge in [-0.25, -0.2) is 0 Å². The van der Waals surface area contributed by atoms with Crippen molar-refractivity contribution in [3.63, 3.8) is 0 Å². The molecule has 16 heavy (non-hydrogen) atoms. The van der Waals surface area contributed by atoms with Gasteiger partial charge in [-0.2, -0.15) is 16.9 Å². The molecule has 1 rings (SSSR count). The van der Waals surface area contributed by atoms with Gasteiger partial charge in [-0.15, -0.1) is 0 Å². The van der Waals surface area contributed by atoms with Crippen LogP contribution in [0.3, 0.4) is 0 Å². The van der Waals surface area contributed by atoms with Gasteiger partial charge in [0.15, 0.2) is 0 Å². The number of rotatable bonds is 8. The van der Waals surface area contributed by atoms with Crippen molar-refractivity contribution in [2.75, 3.05) is 18.6 Å². The third-order valence-electron chi connectivity index (χ3n) is 2.57. The molecule has 0 spiro atoms. The molecule has 0 bridgehead atoms. The topological polar surface area (TPSA) is 29.9 Å². The number of nitrogens with one attached hydrogen (secondary N) is 1. The van der Waals surface area contributed by atoms with Crippen molar-refractivity contribution in [2.24, 2.45) is 0 Å². The molecule has 1 aromatic rings. The summed E-state index contributed by atoms with van der Waals surface area (Å²) in [5.74, 6) is 2.44. The van der Waals surface area contributed by atoms with E-state index in [1.165, 1.54) is 23.5 Å². The van der Waals surface area contributed by atoms with E-state index in [1.54, 1.807) is 0 Å². The molecule has 0 radical (unpaired) electrons. The second-order valence-electron chi connectivity index (χ2n) is 3.97. The van der Waals surface area contributed by atoms with E-state index in [0.717, 1.165) is 13.0 Å². The summed E-state index contributed by atoms with van der Waals surface area (Å²) in [7, 11) is 2.04. The predicted octanol–water partition coefficient (Wildman–Crippen LogP) is 2.18. The maximum absolute atomic E-state index is 4.30. The second-order valence-corrected chi connectivity index (χ2v) is 5.12. The molecule has 1 unspecified atom stereocenters. The molecule has 4 heteroatoms. The van der Waals surface area contributed by atoms with E-state index in [4.69, 9.17) is 0 Å². The van der Waals surface area contributed by atoms with Gasteiger partial charge in [-0.1, -0.05) is 6.92 Å². The lowest BCUT2D eigenvalue weighted by Gasteiger charge is -2.14. The molecule has 0 fully saturated rings. The van der Waals surface area contributed by atoms with E-state index in [0.29, 0.717) is 6.04 Å². The summed E-state index contributed by atoms with van der Waals surface area (Å²) in [5, 5.41) is 7.68. The maximum Gasteiger partial charge on any atom is 0.0522 e. The number of thioether (sulfide) groups is 1. The Balaban J connectivity index is 2.36. The molecule has 0 amide bonds. The third kappa shape index (κ3) is 4.58. The highest BCUT2D eigenvalue weighted by Gasteiger charge is 2.08. The van der Waals surface area contributed by atoms with E-state index >= 15 is 0 Å². The van der Waals surface area contributed by atoms with Crippen LogP contribution < -0.4 is 5.32 Å². The largest absolute Gasteiger partial charge is 0.316 e. The van der Waals surface area contributed by atoms with Gasteiger partial charge in [0.1, 0.15) is 0 Å². The van der Waals surface area contributed by atoms with E-state index in [1.807, 2.05) is 29.7 Å². The Kier molecular flexibility index (Phi) is 6.57. The van der Waals surface area contributed by atoms with Gasteiger partial charge in [0, 0.05) is 24.5 Å². The SMILES string of the molecule is CCCSCC(Cc1cnn(CC)c1)NC. The number of aryl methyl sites for hydroxylation is 1. The van der Waals surface area contributed by atoms with Gasteiger partial charge in [-0.05, 0) is 38.1 Å². The lowest BCUT2D eigenvalue weighted by Crippen LogP contribution is -2.30. The van der Waals surface area contributed by atoms with E-state index < -0.39 is 0 Å². The van der Waals surface area contributed by atoms with Crippen molar-refractivity contribution in [3.8, 4) is 0 Å². The first-order valence-corrected chi connectivity index (χ1v) is 7.21. The van der Waals surface area contributed by atoms with E-state index in [2.05, 4.69) is 30.5 Å². The zero-order chi connectivity index (χ0) is 11.8. The molecule has 0 aromatic carbocycles. The average molecular weight is 241 g/mol. The molecule has 1 aromatic heterocycles. The first-order chi connectivity index (χ1) is 7.80. The standard InChI is InChI=1S/C12H23N3S/c1-4-6-16-10-12(13-3)7-11-8-14-15(5-2)9-11/h8-9,12-13H,4-7,10H2,1-3H3. The fourth-order valence-electron chi connectivity index (χ4n) is 1.58. The Morgan fingerprint density at radius 1 is 1.50 bits per heavy atom. The number of hydrogen-bond donors (Lipinski definition) is 1. The molecule has 1 N–H and O–H groups in total. The van der Waals surface area contributed by atoms with Gasteiger partial charge < -0.3 is 5.32 Å². The van der Waals surface area contributed by atoms with Gasteiger partial charge in [-0.3, -0.25) is 4.68 Å². The molecule has 0 aliphatic heterocycles. The number of nitrogens with zero attached hydrogens (tertiary/aromatic N) is 2. The van der Waals surface area contributed by atoms with Crippen LogP contribution in [0.15, 0.2) is 12.4 Å². The minimum absolute atomic E-state index is 0.561. The number of hydrogen-bond acceptors (Lipinski definition) is 3. The van der Waals surface area contributed by atoms with Crippen molar-refractivity contribution in [2.45, 2.75) is 39.3 Å². The Bertz CT molecular complexity index is 286. The Hall–Kier alpha value is -0.480. The van der Waals surface area contributed by atoms with Crippen LogP contribution in [0.1, 0.15) is 25.8 Å². The van der Waals surface area contributed by atoms with Crippen LogP contribution in [-0.2, 0) is 13.0 Å². The molecule has 3 nitrogen and oxygen atoms in total. The molecule has 0 aliphatic carbocycles. The zero-order valence-corrected chi connectivity index (χ0v) is 11.4. The second kappa shape index (κ2) is 7.74. The smallest absolute Gasteiger partial charge is 0.0522 e. The van der Waals surface area contributed by atoms with E-state index in [-0.39, 0.29) is 0 Å². The van der Waals surface area contributed by atoms with Gasteiger partial charge in [0.05, 0.1) is 6.20 Å². The Labute approximate surface area is 103 Å². The van der Waals surface area contributed by atoms with Crippen LogP contribution in [0.5, 0.6) is 0 Å². The molecule has 0 saturated heterocycles. The molecule has 0 aliphatic rings. The quantitative estimate of drug-likeness (QED) is 0.708. The van der Waals surface area contributed by atoms with Gasteiger partial charge in [0.2, 0.25) is 0 Å². The van der Waals surface area contributed by atoms with Crippen molar-refractivity contribution >= 4 is 11.8 Å². The molecular formula is C12H23N3S. The maximum atomic E-state index is 4.30. The summed E-state index contributed by atoms with van der Waals surface area (Å²) in [6, 6.07) is 0.561. The molecule has 1 atom stereocenters. The summed E-state index contributed by atoms with van der Waals surface area (Å²) in [6.45, 7) is 5.30. The number of aromatic nitrogens is 2. The van der Waals surface area contributed by atoms with Crippen molar-refractivity contribution < 1.29 is 0 Å². The van der Waals surface area contributed by atoms with Crippen molar-refractivity contribution in [1.29, 1.82) is 0 Å². The van der Waals surface area contributed by atoms with Crippen LogP contribution in [-0.4, -0.2) is 34.4 Å². The highest BCUT2D eigenvalue weighted by Crippen LogP contribution is 2.09. The van der Waals surface area contributed by atoms with Crippen LogP contribution in [0.2, 0.25) is 0 Å². The summed E-state index contributed by atoms with van der Waals surface area (Å²) in [4.78, 5) is 0. The summed E-state index contributed by atoms with van der Waals surface area (Å²) in [5.41, 5.74) is 1.33. The molecule has 92 valence electrons. The Morgan fingerprint density at radius 2 is 2.31 bits per heavy atom. The highest BCUT2D eigenvalue weighted by molar-refractivity contribution is 7.99. The highest BCUT2D eigenvalue weighted by atomic mass is 32.2. The summed E-state index contributed by atoms with van der Waals surface area (Å²) >= 11 is 2.03. The third-order valence-corrected chi connectivity index (χ3v) is 3.90. The van der Waals surface area contributed by atoms with Crippen LogP contribution >= 0.6 is 11.8 Å². The lowest BCUT2D eigenvalue weighted by atomic mass is 10.1.